The molecule has 350 valence electrons. The Hall–Kier alpha value is -10.2. The fourth-order valence-electron chi connectivity index (χ4n) is 11.0. The van der Waals surface area contributed by atoms with Gasteiger partial charge in [-0.15, -0.1) is 0 Å². The third kappa shape index (κ3) is 7.30. The molecule has 0 aliphatic rings. The number of hydrogen-bond acceptors (Lipinski definition) is 5. The summed E-state index contributed by atoms with van der Waals surface area (Å²) in [4.78, 5) is 15.5. The van der Waals surface area contributed by atoms with Crippen LogP contribution in [0.3, 0.4) is 0 Å². The predicted molar refractivity (Wildman–Crippen MR) is 307 cm³/mol. The molecule has 0 atom stereocenters. The van der Waals surface area contributed by atoms with Crippen molar-refractivity contribution in [1.29, 1.82) is 0 Å². The average Bonchev–Trinajstić information content (AvgIpc) is 4.18. The van der Waals surface area contributed by atoms with E-state index in [-0.39, 0.29) is 0 Å². The van der Waals surface area contributed by atoms with Gasteiger partial charge in [0.2, 0.25) is 0 Å². The van der Waals surface area contributed by atoms with Crippen molar-refractivity contribution in [2.75, 3.05) is 0 Å². The van der Waals surface area contributed by atoms with E-state index in [2.05, 4.69) is 199 Å². The van der Waals surface area contributed by atoms with Crippen LogP contribution in [0.1, 0.15) is 0 Å². The second kappa shape index (κ2) is 17.3. The van der Waals surface area contributed by atoms with Crippen LogP contribution in [-0.2, 0) is 0 Å². The van der Waals surface area contributed by atoms with Gasteiger partial charge in [-0.05, 0) is 123 Å². The second-order valence-electron chi connectivity index (χ2n) is 19.1. The van der Waals surface area contributed by atoms with E-state index in [0.717, 1.165) is 99.6 Å². The largest absolute Gasteiger partial charge is 0.456 e. The lowest BCUT2D eigenvalue weighted by atomic mass is 9.95. The number of aromatic nitrogens is 4. The van der Waals surface area contributed by atoms with Crippen LogP contribution in [0.15, 0.2) is 264 Å². The van der Waals surface area contributed by atoms with E-state index in [1.54, 1.807) is 0 Å². The van der Waals surface area contributed by atoms with Gasteiger partial charge < -0.3 is 13.4 Å². The van der Waals surface area contributed by atoms with E-state index in [0.29, 0.717) is 17.5 Å². The minimum absolute atomic E-state index is 0.569. The Labute approximate surface area is 431 Å². The van der Waals surface area contributed by atoms with Crippen LogP contribution in [0.25, 0.3) is 150 Å². The Balaban J connectivity index is 0.784. The first-order valence-electron chi connectivity index (χ1n) is 25.2. The lowest BCUT2D eigenvalue weighted by Gasteiger charge is -2.10. The first kappa shape index (κ1) is 42.5. The molecule has 6 heteroatoms. The van der Waals surface area contributed by atoms with E-state index in [4.69, 9.17) is 23.8 Å². The Bertz CT molecular complexity index is 4700. The first-order chi connectivity index (χ1) is 37.1. The topological polar surface area (TPSA) is 69.9 Å². The van der Waals surface area contributed by atoms with Crippen molar-refractivity contribution >= 4 is 65.7 Å². The number of fused-ring (bicyclic) bond motifs is 9. The summed E-state index contributed by atoms with van der Waals surface area (Å²) in [5.41, 5.74) is 18.5. The molecule has 0 spiro atoms. The summed E-state index contributed by atoms with van der Waals surface area (Å²) in [6.07, 6.45) is 0. The minimum atomic E-state index is 0.569. The molecule has 0 fully saturated rings. The third-order valence-electron chi connectivity index (χ3n) is 14.7. The van der Waals surface area contributed by atoms with Gasteiger partial charge in [0, 0.05) is 54.7 Å². The van der Waals surface area contributed by atoms with Crippen molar-refractivity contribution in [3.8, 4) is 84.4 Å². The average molecular weight is 959 g/mol. The van der Waals surface area contributed by atoms with Gasteiger partial charge in [-0.2, -0.15) is 0 Å². The van der Waals surface area contributed by atoms with Crippen LogP contribution >= 0.6 is 0 Å². The van der Waals surface area contributed by atoms with Crippen LogP contribution in [-0.4, -0.2) is 19.5 Å². The molecule has 0 bridgehead atoms. The predicted octanol–water partition coefficient (Wildman–Crippen LogP) is 18.4. The van der Waals surface area contributed by atoms with E-state index >= 15 is 0 Å². The lowest BCUT2D eigenvalue weighted by Crippen LogP contribution is -2.00. The summed E-state index contributed by atoms with van der Waals surface area (Å²) in [5, 5.41) is 6.64. The van der Waals surface area contributed by atoms with Gasteiger partial charge in [0.15, 0.2) is 17.5 Å². The molecule has 4 heterocycles. The highest BCUT2D eigenvalue weighted by molar-refractivity contribution is 6.13. The zero-order valence-corrected chi connectivity index (χ0v) is 40.4. The fourth-order valence-corrected chi connectivity index (χ4v) is 11.0. The highest BCUT2D eigenvalue weighted by Gasteiger charge is 2.20. The Morgan fingerprint density at radius 3 is 1.47 bits per heavy atom. The normalized spacial score (nSPS) is 11.7. The van der Waals surface area contributed by atoms with Crippen molar-refractivity contribution < 1.29 is 8.83 Å². The first-order valence-corrected chi connectivity index (χ1v) is 25.2. The maximum Gasteiger partial charge on any atom is 0.164 e. The molecule has 0 amide bonds. The molecule has 0 aliphatic carbocycles. The van der Waals surface area contributed by atoms with Crippen LogP contribution in [0.4, 0.5) is 0 Å². The Kier molecular flexibility index (Phi) is 9.78. The van der Waals surface area contributed by atoms with E-state index in [1.165, 1.54) is 32.9 Å². The quantitative estimate of drug-likeness (QED) is 0.152. The highest BCUT2D eigenvalue weighted by Crippen LogP contribution is 2.41. The van der Waals surface area contributed by atoms with Crippen molar-refractivity contribution in [3.63, 3.8) is 0 Å². The van der Waals surface area contributed by atoms with Crippen LogP contribution in [0, 0.1) is 0 Å². The summed E-state index contributed by atoms with van der Waals surface area (Å²) in [7, 11) is 0. The molecule has 15 rings (SSSR count). The maximum atomic E-state index is 6.58. The zero-order valence-electron chi connectivity index (χ0n) is 40.4. The number of furan rings is 2. The second-order valence-corrected chi connectivity index (χ2v) is 19.1. The number of nitrogens with zero attached hydrogens (tertiary/aromatic N) is 4. The molecule has 0 saturated heterocycles. The molecule has 15 aromatic rings. The smallest absolute Gasteiger partial charge is 0.164 e. The van der Waals surface area contributed by atoms with Crippen LogP contribution < -0.4 is 0 Å². The van der Waals surface area contributed by atoms with Crippen molar-refractivity contribution in [1.82, 2.24) is 19.5 Å². The van der Waals surface area contributed by atoms with E-state index < -0.39 is 0 Å². The summed E-state index contributed by atoms with van der Waals surface area (Å²) < 4.78 is 15.2. The Morgan fingerprint density at radius 2 is 0.720 bits per heavy atom. The monoisotopic (exact) mass is 958 g/mol. The number of rotatable bonds is 8. The zero-order chi connectivity index (χ0) is 49.4. The van der Waals surface area contributed by atoms with Gasteiger partial charge in [-0.1, -0.05) is 176 Å². The molecule has 0 N–H and O–H groups in total. The number of hydrogen-bond donors (Lipinski definition) is 0. The standard InChI is InChI=1S/C69H42N4O2/c1-3-14-44(15-4-1)67-70-68(45-30-28-43(29-31-45)52-32-35-56-55-23-8-10-26-62(55)75-65(56)42-52)72-69(71-67)57-24-13-27-64-66(57)59-41-51(34-37-63(59)74-64)49-19-12-17-47(39-49)46-16-11-18-48(38-46)50-33-36-61-58(40-50)54-22-7-9-25-60(54)73(61)53-20-5-2-6-21-53/h1-42H. The van der Waals surface area contributed by atoms with Gasteiger partial charge >= 0.3 is 0 Å². The lowest BCUT2D eigenvalue weighted by molar-refractivity contribution is 0.668. The van der Waals surface area contributed by atoms with Crippen molar-refractivity contribution in [2.45, 2.75) is 0 Å². The van der Waals surface area contributed by atoms with Crippen molar-refractivity contribution in [2.24, 2.45) is 0 Å². The van der Waals surface area contributed by atoms with Crippen LogP contribution in [0.5, 0.6) is 0 Å². The third-order valence-corrected chi connectivity index (χ3v) is 14.7. The fraction of sp³-hybridized carbons (Fsp3) is 0. The molecule has 0 unspecified atom stereocenters. The molecule has 6 nitrogen and oxygen atoms in total. The molecule has 0 saturated carbocycles. The molecule has 11 aromatic carbocycles. The van der Waals surface area contributed by atoms with Gasteiger partial charge in [0.1, 0.15) is 22.3 Å². The van der Waals surface area contributed by atoms with Gasteiger partial charge in [-0.25, -0.2) is 15.0 Å². The van der Waals surface area contributed by atoms with Crippen molar-refractivity contribution in [3.05, 3.63) is 255 Å². The molecular weight excluding hydrogens is 917 g/mol. The highest BCUT2D eigenvalue weighted by atomic mass is 16.3. The molecule has 0 aliphatic heterocycles. The van der Waals surface area contributed by atoms with E-state index in [1.807, 2.05) is 60.7 Å². The van der Waals surface area contributed by atoms with Gasteiger partial charge in [0.25, 0.3) is 0 Å². The van der Waals surface area contributed by atoms with Gasteiger partial charge in [0.05, 0.1) is 11.0 Å². The maximum absolute atomic E-state index is 6.58. The summed E-state index contributed by atoms with van der Waals surface area (Å²) in [6.45, 7) is 0. The van der Waals surface area contributed by atoms with E-state index in [9.17, 15) is 0 Å². The molecular formula is C69H42N4O2. The summed E-state index contributed by atoms with van der Waals surface area (Å²) >= 11 is 0. The summed E-state index contributed by atoms with van der Waals surface area (Å²) in [5.74, 6) is 1.75. The minimum Gasteiger partial charge on any atom is -0.456 e. The SMILES string of the molecule is c1ccc(-c2nc(-c3ccc(-c4ccc5c(c4)oc4ccccc45)cc3)nc(-c3cccc4oc5ccc(-c6cccc(-c7cccc(-c8ccc9c(c8)c8ccccc8n9-c8ccccc8)c7)c6)cc5c34)n2)cc1. The Morgan fingerprint density at radius 1 is 0.253 bits per heavy atom. The number of para-hydroxylation sites is 3. The molecule has 0 radical (unpaired) electrons. The van der Waals surface area contributed by atoms with Gasteiger partial charge in [-0.3, -0.25) is 0 Å². The van der Waals surface area contributed by atoms with Crippen LogP contribution in [0.2, 0.25) is 0 Å². The molecule has 4 aromatic heterocycles. The summed E-state index contributed by atoms with van der Waals surface area (Å²) in [6, 6.07) is 89.5. The molecule has 75 heavy (non-hydrogen) atoms. The number of benzene rings is 11.